The van der Waals surface area contributed by atoms with Crippen LogP contribution in [0.2, 0.25) is 0 Å². The molecule has 3 rings (SSSR count). The van der Waals surface area contributed by atoms with Gasteiger partial charge < -0.3 is 9.84 Å². The summed E-state index contributed by atoms with van der Waals surface area (Å²) in [5, 5.41) is 19.0. The molecule has 102 valence electrons. The monoisotopic (exact) mass is 272 g/mol. The number of nitrogens with one attached hydrogen (secondary N) is 1. The number of fused-ring (bicyclic) bond motifs is 1. The van der Waals surface area contributed by atoms with Crippen LogP contribution in [0.15, 0.2) is 41.2 Å². The first-order valence-electron chi connectivity index (χ1n) is 6.08. The second-order valence-electron chi connectivity index (χ2n) is 4.19. The van der Waals surface area contributed by atoms with Crippen molar-refractivity contribution < 1.29 is 9.84 Å². The van der Waals surface area contributed by atoms with Crippen LogP contribution in [0.3, 0.4) is 0 Å². The standard InChI is InChI=1S/C13H12N4O3/c18-8-7-9-1-3-10(4-2-9)20-12-6-5-11-14-15-13(19)17(11)16-12/h1-6,18H,7-8H2,(H,15,19). The number of H-pyrrole nitrogens is 1. The quantitative estimate of drug-likeness (QED) is 0.731. The fourth-order valence-electron chi connectivity index (χ4n) is 1.81. The Bertz CT molecular complexity index is 776. The van der Waals surface area contributed by atoms with Gasteiger partial charge in [0.05, 0.1) is 0 Å². The van der Waals surface area contributed by atoms with Gasteiger partial charge in [0.1, 0.15) is 5.75 Å². The highest BCUT2D eigenvalue weighted by Gasteiger charge is 2.04. The molecule has 0 amide bonds. The number of aromatic amines is 1. The van der Waals surface area contributed by atoms with Crippen molar-refractivity contribution in [3.63, 3.8) is 0 Å². The number of hydrogen-bond donors (Lipinski definition) is 2. The van der Waals surface area contributed by atoms with Crippen molar-refractivity contribution in [2.75, 3.05) is 6.61 Å². The lowest BCUT2D eigenvalue weighted by atomic mass is 10.1. The van der Waals surface area contributed by atoms with E-state index in [0.717, 1.165) is 10.1 Å². The van der Waals surface area contributed by atoms with E-state index in [1.807, 2.05) is 12.1 Å². The van der Waals surface area contributed by atoms with E-state index in [9.17, 15) is 4.79 Å². The Labute approximate surface area is 113 Å². The van der Waals surface area contributed by atoms with Gasteiger partial charge in [0.2, 0.25) is 5.88 Å². The molecule has 1 aromatic carbocycles. The van der Waals surface area contributed by atoms with Crippen molar-refractivity contribution in [3.8, 4) is 11.6 Å². The van der Waals surface area contributed by atoms with Gasteiger partial charge in [-0.2, -0.15) is 9.61 Å². The second kappa shape index (κ2) is 5.14. The lowest BCUT2D eigenvalue weighted by Gasteiger charge is -2.05. The molecule has 20 heavy (non-hydrogen) atoms. The van der Waals surface area contributed by atoms with Gasteiger partial charge in [-0.3, -0.25) is 0 Å². The first-order valence-corrected chi connectivity index (χ1v) is 6.08. The van der Waals surface area contributed by atoms with Crippen molar-refractivity contribution in [3.05, 3.63) is 52.4 Å². The smallest absolute Gasteiger partial charge is 0.364 e. The maximum Gasteiger partial charge on any atom is 0.364 e. The average molecular weight is 272 g/mol. The molecule has 0 unspecified atom stereocenters. The molecule has 3 aromatic rings. The van der Waals surface area contributed by atoms with Gasteiger partial charge in [-0.25, -0.2) is 9.89 Å². The summed E-state index contributed by atoms with van der Waals surface area (Å²) < 4.78 is 6.70. The lowest BCUT2D eigenvalue weighted by Crippen LogP contribution is -2.12. The number of ether oxygens (including phenoxy) is 1. The Balaban J connectivity index is 1.84. The molecular weight excluding hydrogens is 260 g/mol. The van der Waals surface area contributed by atoms with Crippen molar-refractivity contribution in [2.45, 2.75) is 6.42 Å². The Hall–Kier alpha value is -2.67. The molecule has 0 bridgehead atoms. The highest BCUT2D eigenvalue weighted by atomic mass is 16.5. The summed E-state index contributed by atoms with van der Waals surface area (Å²) in [6.45, 7) is 0.113. The number of aromatic nitrogens is 4. The molecular formula is C13H12N4O3. The zero-order valence-corrected chi connectivity index (χ0v) is 10.5. The lowest BCUT2D eigenvalue weighted by molar-refractivity contribution is 0.299. The van der Waals surface area contributed by atoms with E-state index in [-0.39, 0.29) is 6.61 Å². The first kappa shape index (κ1) is 12.4. The van der Waals surface area contributed by atoms with Gasteiger partial charge >= 0.3 is 5.69 Å². The highest BCUT2D eigenvalue weighted by Crippen LogP contribution is 2.19. The SMILES string of the molecule is O=c1[nH]nc2ccc(Oc3ccc(CCO)cc3)nn12. The van der Waals surface area contributed by atoms with Crippen LogP contribution in [0.4, 0.5) is 0 Å². The Kier molecular flexibility index (Phi) is 3.18. The van der Waals surface area contributed by atoms with E-state index in [2.05, 4.69) is 15.3 Å². The first-order chi connectivity index (χ1) is 9.76. The van der Waals surface area contributed by atoms with Crippen LogP contribution in [0.1, 0.15) is 5.56 Å². The van der Waals surface area contributed by atoms with Crippen LogP contribution in [-0.2, 0) is 6.42 Å². The molecule has 2 heterocycles. The summed E-state index contributed by atoms with van der Waals surface area (Å²) in [4.78, 5) is 11.4. The molecule has 0 aliphatic carbocycles. The molecule has 0 aliphatic rings. The number of rotatable bonds is 4. The van der Waals surface area contributed by atoms with Crippen LogP contribution >= 0.6 is 0 Å². The molecule has 0 saturated carbocycles. The van der Waals surface area contributed by atoms with E-state index in [0.29, 0.717) is 23.7 Å². The summed E-state index contributed by atoms with van der Waals surface area (Å²) in [6, 6.07) is 10.6. The van der Waals surface area contributed by atoms with Gasteiger partial charge in [-0.15, -0.1) is 5.10 Å². The Morgan fingerprint density at radius 2 is 2.00 bits per heavy atom. The van der Waals surface area contributed by atoms with Crippen molar-refractivity contribution >= 4 is 5.65 Å². The Morgan fingerprint density at radius 1 is 1.20 bits per heavy atom. The zero-order valence-electron chi connectivity index (χ0n) is 10.5. The third kappa shape index (κ3) is 2.39. The number of hydrogen-bond acceptors (Lipinski definition) is 5. The third-order valence-corrected chi connectivity index (χ3v) is 2.80. The maximum absolute atomic E-state index is 11.4. The van der Waals surface area contributed by atoms with Crippen molar-refractivity contribution in [1.29, 1.82) is 0 Å². The topological polar surface area (TPSA) is 92.5 Å². The van der Waals surface area contributed by atoms with Gasteiger partial charge in [0.25, 0.3) is 0 Å². The minimum absolute atomic E-state index is 0.113. The predicted octanol–water partition coefficient (Wildman–Crippen LogP) is 0.745. The summed E-state index contributed by atoms with van der Waals surface area (Å²) in [5.41, 5.74) is 1.04. The minimum atomic E-state index is -0.413. The molecule has 0 spiro atoms. The van der Waals surface area contributed by atoms with Crippen LogP contribution in [0.25, 0.3) is 5.65 Å². The molecule has 0 radical (unpaired) electrons. The van der Waals surface area contributed by atoms with Gasteiger partial charge in [-0.05, 0) is 30.2 Å². The molecule has 2 N–H and O–H groups in total. The fraction of sp³-hybridized carbons (Fsp3) is 0.154. The largest absolute Gasteiger partial charge is 0.438 e. The number of aliphatic hydroxyl groups is 1. The maximum atomic E-state index is 11.4. The molecule has 0 saturated heterocycles. The van der Waals surface area contributed by atoms with Crippen LogP contribution in [-0.4, -0.2) is 31.5 Å². The van der Waals surface area contributed by atoms with Crippen LogP contribution in [0.5, 0.6) is 11.6 Å². The normalized spacial score (nSPS) is 10.8. The molecule has 7 heteroatoms. The molecule has 0 fully saturated rings. The third-order valence-electron chi connectivity index (χ3n) is 2.80. The van der Waals surface area contributed by atoms with E-state index in [1.54, 1.807) is 24.3 Å². The van der Waals surface area contributed by atoms with E-state index < -0.39 is 5.69 Å². The van der Waals surface area contributed by atoms with Gasteiger partial charge in [-0.1, -0.05) is 12.1 Å². The average Bonchev–Trinajstić information content (AvgIpc) is 2.83. The zero-order chi connectivity index (χ0) is 13.9. The minimum Gasteiger partial charge on any atom is -0.438 e. The van der Waals surface area contributed by atoms with E-state index in [4.69, 9.17) is 9.84 Å². The van der Waals surface area contributed by atoms with Crippen molar-refractivity contribution in [2.24, 2.45) is 0 Å². The predicted molar refractivity (Wildman–Crippen MR) is 70.9 cm³/mol. The van der Waals surface area contributed by atoms with Crippen molar-refractivity contribution in [1.82, 2.24) is 19.8 Å². The molecule has 0 atom stereocenters. The molecule has 0 aliphatic heterocycles. The fourth-order valence-corrected chi connectivity index (χ4v) is 1.81. The van der Waals surface area contributed by atoms with E-state index in [1.165, 1.54) is 0 Å². The summed E-state index contributed by atoms with van der Waals surface area (Å²) in [6.07, 6.45) is 0.606. The Morgan fingerprint density at radius 3 is 2.75 bits per heavy atom. The van der Waals surface area contributed by atoms with Gasteiger partial charge in [0.15, 0.2) is 5.65 Å². The van der Waals surface area contributed by atoms with Gasteiger partial charge in [0, 0.05) is 12.7 Å². The highest BCUT2D eigenvalue weighted by molar-refractivity contribution is 5.37. The number of benzene rings is 1. The summed E-state index contributed by atoms with van der Waals surface area (Å²) in [5.74, 6) is 0.908. The van der Waals surface area contributed by atoms with Crippen LogP contribution < -0.4 is 10.4 Å². The number of aliphatic hydroxyl groups excluding tert-OH is 1. The number of nitrogens with zero attached hydrogens (tertiary/aromatic N) is 3. The van der Waals surface area contributed by atoms with E-state index >= 15 is 0 Å². The second-order valence-corrected chi connectivity index (χ2v) is 4.19. The summed E-state index contributed by atoms with van der Waals surface area (Å²) >= 11 is 0. The summed E-state index contributed by atoms with van der Waals surface area (Å²) in [7, 11) is 0. The molecule has 2 aromatic heterocycles. The van der Waals surface area contributed by atoms with Crippen LogP contribution in [0, 0.1) is 0 Å². The molecule has 7 nitrogen and oxygen atoms in total.